The first-order valence-electron chi connectivity index (χ1n) is 10.8. The largest absolute Gasteiger partial charge is 0.446 e. The van der Waals surface area contributed by atoms with E-state index in [1.807, 2.05) is 6.92 Å². The number of nitrogens with one attached hydrogen (secondary N) is 1. The second kappa shape index (κ2) is 9.42. The zero-order valence-electron chi connectivity index (χ0n) is 19.5. The highest BCUT2D eigenvalue weighted by molar-refractivity contribution is 7.92. The van der Waals surface area contributed by atoms with Gasteiger partial charge in [0.25, 0.3) is 0 Å². The van der Waals surface area contributed by atoms with E-state index < -0.39 is 16.1 Å². The van der Waals surface area contributed by atoms with Crippen molar-refractivity contribution in [2.45, 2.75) is 58.7 Å². The number of carbonyl (C=O) groups excluding carboxylic acids is 2. The van der Waals surface area contributed by atoms with E-state index in [9.17, 15) is 18.0 Å². The lowest BCUT2D eigenvalue weighted by atomic mass is 9.99. The number of amides is 2. The smallest absolute Gasteiger partial charge is 0.414 e. The Hall–Kier alpha value is -3.08. The van der Waals surface area contributed by atoms with E-state index >= 15 is 0 Å². The van der Waals surface area contributed by atoms with Crippen LogP contribution >= 0.6 is 0 Å². The number of aliphatic imine (C=N–C) groups is 1. The van der Waals surface area contributed by atoms with Crippen molar-refractivity contribution in [3.05, 3.63) is 23.9 Å². The lowest BCUT2D eigenvalue weighted by Crippen LogP contribution is -2.51. The molecule has 0 spiro atoms. The molecule has 11 heteroatoms. The Morgan fingerprint density at radius 1 is 1.27 bits per heavy atom. The molecule has 0 unspecified atom stereocenters. The Morgan fingerprint density at radius 2 is 1.94 bits per heavy atom. The minimum absolute atomic E-state index is 0.217. The normalized spacial score (nSPS) is 19.1. The molecule has 1 saturated carbocycles. The molecular weight excluding hydrogens is 446 g/mol. The van der Waals surface area contributed by atoms with Crippen LogP contribution in [-0.4, -0.2) is 57.6 Å². The van der Waals surface area contributed by atoms with Gasteiger partial charge in [-0.25, -0.2) is 13.2 Å². The fourth-order valence-corrected chi connectivity index (χ4v) is 4.29. The molecule has 1 heterocycles. The summed E-state index contributed by atoms with van der Waals surface area (Å²) in [7, 11) is -3.66. The Labute approximate surface area is 194 Å². The standard InChI is InChI=1S/C22H31N5O5S/c1-13(2)32-22(29)26-12-14(3)27(15(4)28)21-9-19(25-33(5,30)31)18(8-20(21)26)16(10-23)11-24-17-6-7-17/h8-11,13-14,17,25H,6-7,12,23H2,1-5H3/t14-/m0/s1. The van der Waals surface area contributed by atoms with E-state index in [4.69, 9.17) is 10.5 Å². The number of hydrogen-bond donors (Lipinski definition) is 2. The molecule has 2 aliphatic rings. The fourth-order valence-electron chi connectivity index (χ4n) is 3.72. The first kappa shape index (κ1) is 24.6. The summed E-state index contributed by atoms with van der Waals surface area (Å²) < 4.78 is 32.2. The fraction of sp³-hybridized carbons (Fsp3) is 0.500. The molecular formula is C22H31N5O5S. The van der Waals surface area contributed by atoms with Crippen molar-refractivity contribution in [1.82, 2.24) is 0 Å². The van der Waals surface area contributed by atoms with Crippen LogP contribution in [0.15, 0.2) is 23.3 Å². The summed E-state index contributed by atoms with van der Waals surface area (Å²) in [5.41, 5.74) is 7.85. The van der Waals surface area contributed by atoms with Crippen molar-refractivity contribution in [2.75, 3.05) is 27.3 Å². The van der Waals surface area contributed by atoms with Crippen LogP contribution in [0.1, 0.15) is 46.1 Å². The molecule has 1 aliphatic carbocycles. The minimum Gasteiger partial charge on any atom is -0.446 e. The van der Waals surface area contributed by atoms with Gasteiger partial charge in [-0.3, -0.25) is 19.4 Å². The highest BCUT2D eigenvalue weighted by Gasteiger charge is 2.36. The summed E-state index contributed by atoms with van der Waals surface area (Å²) in [6.45, 7) is 6.96. The van der Waals surface area contributed by atoms with Gasteiger partial charge in [0.2, 0.25) is 15.9 Å². The summed E-state index contributed by atoms with van der Waals surface area (Å²) in [4.78, 5) is 32.8. The predicted octanol–water partition coefficient (Wildman–Crippen LogP) is 2.70. The van der Waals surface area contributed by atoms with Gasteiger partial charge in [0.15, 0.2) is 0 Å². The maximum Gasteiger partial charge on any atom is 0.414 e. The Morgan fingerprint density at radius 3 is 2.45 bits per heavy atom. The number of nitrogens with zero attached hydrogens (tertiary/aromatic N) is 3. The van der Waals surface area contributed by atoms with Crippen LogP contribution in [-0.2, 0) is 19.6 Å². The van der Waals surface area contributed by atoms with Crippen molar-refractivity contribution in [3.63, 3.8) is 0 Å². The number of sulfonamides is 1. The number of carbonyl (C=O) groups is 2. The van der Waals surface area contributed by atoms with Gasteiger partial charge in [0.05, 0.1) is 41.5 Å². The third-order valence-electron chi connectivity index (χ3n) is 5.21. The van der Waals surface area contributed by atoms with E-state index in [1.165, 1.54) is 22.9 Å². The molecule has 1 aliphatic heterocycles. The summed E-state index contributed by atoms with van der Waals surface area (Å²) in [5, 5.41) is 0. The third-order valence-corrected chi connectivity index (χ3v) is 5.80. The van der Waals surface area contributed by atoms with Crippen LogP contribution in [0, 0.1) is 0 Å². The molecule has 3 N–H and O–H groups in total. The molecule has 1 atom stereocenters. The average molecular weight is 478 g/mol. The molecule has 180 valence electrons. The van der Waals surface area contributed by atoms with Gasteiger partial charge in [0, 0.05) is 37.0 Å². The van der Waals surface area contributed by atoms with Gasteiger partial charge in [0.1, 0.15) is 0 Å². The summed E-state index contributed by atoms with van der Waals surface area (Å²) in [6, 6.07) is 3.07. The maximum atomic E-state index is 12.9. The maximum absolute atomic E-state index is 12.9. The van der Waals surface area contributed by atoms with Gasteiger partial charge in [-0.15, -0.1) is 0 Å². The van der Waals surface area contributed by atoms with E-state index in [-0.39, 0.29) is 36.3 Å². The number of ether oxygens (including phenoxy) is 1. The topological polar surface area (TPSA) is 134 Å². The van der Waals surface area contributed by atoms with Crippen molar-refractivity contribution in [2.24, 2.45) is 10.7 Å². The second-order valence-corrected chi connectivity index (χ2v) is 10.4. The molecule has 0 radical (unpaired) electrons. The van der Waals surface area contributed by atoms with E-state index in [0.29, 0.717) is 22.5 Å². The number of benzene rings is 1. The van der Waals surface area contributed by atoms with Crippen molar-refractivity contribution in [3.8, 4) is 0 Å². The first-order chi connectivity index (χ1) is 15.4. The Kier molecular flexibility index (Phi) is 7.01. The van der Waals surface area contributed by atoms with E-state index in [1.54, 1.807) is 32.2 Å². The lowest BCUT2D eigenvalue weighted by Gasteiger charge is -2.41. The zero-order valence-corrected chi connectivity index (χ0v) is 20.3. The van der Waals surface area contributed by atoms with Crippen LogP contribution in [0.25, 0.3) is 5.57 Å². The van der Waals surface area contributed by atoms with Gasteiger partial charge in [-0.1, -0.05) is 0 Å². The number of fused-ring (bicyclic) bond motifs is 1. The van der Waals surface area contributed by atoms with Crippen LogP contribution in [0.4, 0.5) is 21.9 Å². The van der Waals surface area contributed by atoms with Crippen molar-refractivity contribution in [1.29, 1.82) is 0 Å². The molecule has 1 aromatic rings. The van der Waals surface area contributed by atoms with Gasteiger partial charge in [-0.2, -0.15) is 0 Å². The number of nitrogens with two attached hydrogens (primary N) is 1. The molecule has 0 saturated heterocycles. The SMILES string of the molecule is CC(=O)N1c2cc(NS(C)(=O)=O)c(C(C=NC3CC3)=CN)cc2N(C(=O)OC(C)C)C[C@@H]1C. The number of rotatable bonds is 6. The molecule has 3 rings (SSSR count). The van der Waals surface area contributed by atoms with Gasteiger partial charge in [-0.05, 0) is 45.7 Å². The van der Waals surface area contributed by atoms with Crippen molar-refractivity contribution < 1.29 is 22.7 Å². The Balaban J connectivity index is 2.23. The zero-order chi connectivity index (χ0) is 24.5. The van der Waals surface area contributed by atoms with E-state index in [0.717, 1.165) is 19.1 Å². The van der Waals surface area contributed by atoms with Crippen LogP contribution in [0.2, 0.25) is 0 Å². The molecule has 1 fully saturated rings. The predicted molar refractivity (Wildman–Crippen MR) is 130 cm³/mol. The average Bonchev–Trinajstić information content (AvgIpc) is 3.50. The Bertz CT molecular complexity index is 1110. The highest BCUT2D eigenvalue weighted by Crippen LogP contribution is 2.42. The van der Waals surface area contributed by atoms with Crippen LogP contribution in [0.5, 0.6) is 0 Å². The molecule has 1 aromatic carbocycles. The van der Waals surface area contributed by atoms with Crippen molar-refractivity contribution >= 4 is 50.9 Å². The molecule has 2 amide bonds. The molecule has 33 heavy (non-hydrogen) atoms. The van der Waals surface area contributed by atoms with E-state index in [2.05, 4.69) is 9.71 Å². The third kappa shape index (κ3) is 5.84. The number of hydrogen-bond acceptors (Lipinski definition) is 7. The lowest BCUT2D eigenvalue weighted by molar-refractivity contribution is -0.117. The molecule has 10 nitrogen and oxygen atoms in total. The minimum atomic E-state index is -3.66. The first-order valence-corrected chi connectivity index (χ1v) is 12.7. The highest BCUT2D eigenvalue weighted by atomic mass is 32.2. The molecule has 0 bridgehead atoms. The number of allylic oxidation sites excluding steroid dienone is 1. The summed E-state index contributed by atoms with van der Waals surface area (Å²) >= 11 is 0. The van der Waals surface area contributed by atoms with Gasteiger partial charge >= 0.3 is 6.09 Å². The quantitative estimate of drug-likeness (QED) is 0.605. The second-order valence-electron chi connectivity index (χ2n) is 8.67. The summed E-state index contributed by atoms with van der Waals surface area (Å²) in [6.07, 6.45) is 5.08. The van der Waals surface area contributed by atoms with Crippen LogP contribution < -0.4 is 20.3 Å². The monoisotopic (exact) mass is 477 g/mol. The summed E-state index contributed by atoms with van der Waals surface area (Å²) in [5.74, 6) is -0.233. The van der Waals surface area contributed by atoms with Crippen LogP contribution in [0.3, 0.4) is 0 Å². The molecule has 0 aromatic heterocycles. The number of anilines is 3. The van der Waals surface area contributed by atoms with Gasteiger partial charge < -0.3 is 15.4 Å².